The maximum atomic E-state index is 5.61. The van der Waals surface area contributed by atoms with E-state index in [1.54, 1.807) is 0 Å². The van der Waals surface area contributed by atoms with Crippen molar-refractivity contribution in [3.63, 3.8) is 0 Å². The van der Waals surface area contributed by atoms with Crippen LogP contribution < -0.4 is 5.73 Å². The predicted molar refractivity (Wildman–Crippen MR) is 82.9 cm³/mol. The third-order valence-corrected chi connectivity index (χ3v) is 3.89. The second kappa shape index (κ2) is 5.10. The molecule has 3 heteroatoms. The molecule has 0 aliphatic carbocycles. The summed E-state index contributed by atoms with van der Waals surface area (Å²) in [5, 5.41) is 0. The fourth-order valence-corrected chi connectivity index (χ4v) is 2.60. The van der Waals surface area contributed by atoms with E-state index in [0.717, 1.165) is 17.8 Å². The third kappa shape index (κ3) is 2.10. The third-order valence-electron chi connectivity index (χ3n) is 3.89. The lowest BCUT2D eigenvalue weighted by Gasteiger charge is -2.09. The zero-order chi connectivity index (χ0) is 14.1. The number of benzene rings is 1. The minimum absolute atomic E-state index is 0.623. The Morgan fingerprint density at radius 3 is 2.85 bits per heavy atom. The van der Waals surface area contributed by atoms with Crippen LogP contribution >= 0.6 is 0 Å². The second-order valence-electron chi connectivity index (χ2n) is 5.17. The molecule has 0 radical (unpaired) electrons. The van der Waals surface area contributed by atoms with Crippen LogP contribution in [0.25, 0.3) is 16.6 Å². The number of rotatable bonds is 3. The van der Waals surface area contributed by atoms with Gasteiger partial charge in [-0.05, 0) is 54.8 Å². The molecule has 1 aromatic carbocycles. The van der Waals surface area contributed by atoms with E-state index in [1.165, 1.54) is 22.3 Å². The molecule has 3 nitrogen and oxygen atoms in total. The van der Waals surface area contributed by atoms with Crippen LogP contribution in [0.2, 0.25) is 0 Å². The first-order chi connectivity index (χ1) is 9.70. The highest BCUT2D eigenvalue weighted by Crippen LogP contribution is 2.26. The first-order valence-electron chi connectivity index (χ1n) is 6.93. The summed E-state index contributed by atoms with van der Waals surface area (Å²) >= 11 is 0. The topological polar surface area (TPSA) is 43.3 Å². The van der Waals surface area contributed by atoms with Crippen molar-refractivity contribution in [3.8, 4) is 11.1 Å². The molecule has 3 rings (SSSR count). The Morgan fingerprint density at radius 2 is 2.05 bits per heavy atom. The van der Waals surface area contributed by atoms with Gasteiger partial charge in [0.1, 0.15) is 5.82 Å². The van der Waals surface area contributed by atoms with Gasteiger partial charge >= 0.3 is 0 Å². The van der Waals surface area contributed by atoms with E-state index >= 15 is 0 Å². The molecule has 0 atom stereocenters. The summed E-state index contributed by atoms with van der Waals surface area (Å²) in [5.41, 5.74) is 11.9. The molecule has 2 heterocycles. The van der Waals surface area contributed by atoms with Crippen LogP contribution in [0.3, 0.4) is 0 Å². The van der Waals surface area contributed by atoms with Crippen molar-refractivity contribution in [1.82, 2.24) is 9.38 Å². The lowest BCUT2D eigenvalue weighted by Crippen LogP contribution is -2.06. The highest BCUT2D eigenvalue weighted by atomic mass is 15.0. The lowest BCUT2D eigenvalue weighted by molar-refractivity contribution is 0.863. The SMILES string of the molecule is Cc1cccc(-c2ccn3c(CCN)ncc3c2)c1C. The molecule has 2 N–H and O–H groups in total. The fraction of sp³-hybridized carbons (Fsp3) is 0.235. The summed E-state index contributed by atoms with van der Waals surface area (Å²) in [6.07, 6.45) is 4.81. The number of pyridine rings is 1. The molecule has 0 spiro atoms. The number of fused-ring (bicyclic) bond motifs is 1. The van der Waals surface area contributed by atoms with Crippen LogP contribution in [0.4, 0.5) is 0 Å². The van der Waals surface area contributed by atoms with Gasteiger partial charge in [0, 0.05) is 12.6 Å². The molecule has 0 aliphatic rings. The predicted octanol–water partition coefficient (Wildman–Crippen LogP) is 3.12. The van der Waals surface area contributed by atoms with E-state index < -0.39 is 0 Å². The van der Waals surface area contributed by atoms with Gasteiger partial charge in [-0.2, -0.15) is 0 Å². The maximum absolute atomic E-state index is 5.61. The molecule has 0 saturated heterocycles. The maximum Gasteiger partial charge on any atom is 0.114 e. The summed E-state index contributed by atoms with van der Waals surface area (Å²) in [7, 11) is 0. The van der Waals surface area contributed by atoms with Crippen LogP contribution in [0.15, 0.2) is 42.7 Å². The van der Waals surface area contributed by atoms with Crippen molar-refractivity contribution in [1.29, 1.82) is 0 Å². The molecule has 20 heavy (non-hydrogen) atoms. The summed E-state index contributed by atoms with van der Waals surface area (Å²) in [5.74, 6) is 1.02. The minimum atomic E-state index is 0.623. The molecule has 0 unspecified atom stereocenters. The summed E-state index contributed by atoms with van der Waals surface area (Å²) < 4.78 is 2.11. The fourth-order valence-electron chi connectivity index (χ4n) is 2.60. The van der Waals surface area contributed by atoms with Crippen LogP contribution in [0.1, 0.15) is 17.0 Å². The van der Waals surface area contributed by atoms with Crippen molar-refractivity contribution < 1.29 is 0 Å². The molecule has 0 saturated carbocycles. The van der Waals surface area contributed by atoms with Crippen molar-refractivity contribution in [2.45, 2.75) is 20.3 Å². The van der Waals surface area contributed by atoms with Crippen molar-refractivity contribution in [2.75, 3.05) is 6.54 Å². The molecule has 0 fully saturated rings. The van der Waals surface area contributed by atoms with E-state index in [1.807, 2.05) is 6.20 Å². The zero-order valence-electron chi connectivity index (χ0n) is 11.9. The highest BCUT2D eigenvalue weighted by molar-refractivity contribution is 5.72. The van der Waals surface area contributed by atoms with Gasteiger partial charge < -0.3 is 10.1 Å². The van der Waals surface area contributed by atoms with Crippen LogP contribution in [-0.2, 0) is 6.42 Å². The molecule has 0 bridgehead atoms. The van der Waals surface area contributed by atoms with Gasteiger partial charge in [0.2, 0.25) is 0 Å². The molecule has 3 aromatic rings. The van der Waals surface area contributed by atoms with Gasteiger partial charge in [-0.1, -0.05) is 18.2 Å². The van der Waals surface area contributed by atoms with Crippen LogP contribution in [0, 0.1) is 13.8 Å². The van der Waals surface area contributed by atoms with Crippen LogP contribution in [0.5, 0.6) is 0 Å². The Bertz CT molecular complexity index is 756. The molecule has 0 aliphatic heterocycles. The van der Waals surface area contributed by atoms with Crippen molar-refractivity contribution in [2.24, 2.45) is 5.73 Å². The first kappa shape index (κ1) is 12.9. The van der Waals surface area contributed by atoms with Gasteiger partial charge in [0.05, 0.1) is 11.7 Å². The first-order valence-corrected chi connectivity index (χ1v) is 6.93. The standard InChI is InChI=1S/C17H19N3/c1-12-4-3-5-16(13(12)2)14-7-9-20-15(10-14)11-19-17(20)6-8-18/h3-5,7,9-11H,6,8,18H2,1-2H3. The summed E-state index contributed by atoms with van der Waals surface area (Å²) in [4.78, 5) is 4.44. The van der Waals surface area contributed by atoms with Gasteiger partial charge in [0.25, 0.3) is 0 Å². The Morgan fingerprint density at radius 1 is 1.20 bits per heavy atom. The Labute approximate surface area is 119 Å². The molecule has 0 amide bonds. The number of hydrogen-bond donors (Lipinski definition) is 1. The van der Waals surface area contributed by atoms with E-state index in [0.29, 0.717) is 6.54 Å². The van der Waals surface area contributed by atoms with Gasteiger partial charge in [-0.3, -0.25) is 0 Å². The molecule has 2 aromatic heterocycles. The van der Waals surface area contributed by atoms with Gasteiger partial charge in [-0.15, -0.1) is 0 Å². The average molecular weight is 265 g/mol. The largest absolute Gasteiger partial charge is 0.330 e. The Balaban J connectivity index is 2.12. The van der Waals surface area contributed by atoms with E-state index in [2.05, 4.69) is 59.8 Å². The lowest BCUT2D eigenvalue weighted by atomic mass is 9.98. The minimum Gasteiger partial charge on any atom is -0.330 e. The molecule has 102 valence electrons. The average Bonchev–Trinajstić information content (AvgIpc) is 2.85. The van der Waals surface area contributed by atoms with Crippen molar-refractivity contribution >= 4 is 5.52 Å². The quantitative estimate of drug-likeness (QED) is 0.790. The van der Waals surface area contributed by atoms with Crippen molar-refractivity contribution in [3.05, 3.63) is 59.7 Å². The number of hydrogen-bond acceptors (Lipinski definition) is 2. The normalized spacial score (nSPS) is 11.2. The number of nitrogens with zero attached hydrogens (tertiary/aromatic N) is 2. The highest BCUT2D eigenvalue weighted by Gasteiger charge is 2.07. The Kier molecular flexibility index (Phi) is 3.28. The number of nitrogens with two attached hydrogens (primary N) is 1. The molecular weight excluding hydrogens is 246 g/mol. The number of imidazole rings is 1. The van der Waals surface area contributed by atoms with Crippen LogP contribution in [-0.4, -0.2) is 15.9 Å². The monoisotopic (exact) mass is 265 g/mol. The van der Waals surface area contributed by atoms with E-state index in [9.17, 15) is 0 Å². The number of aryl methyl sites for hydroxylation is 1. The zero-order valence-corrected chi connectivity index (χ0v) is 11.9. The summed E-state index contributed by atoms with van der Waals surface area (Å²) in [6.45, 7) is 4.94. The smallest absolute Gasteiger partial charge is 0.114 e. The number of aromatic nitrogens is 2. The second-order valence-corrected chi connectivity index (χ2v) is 5.17. The summed E-state index contributed by atoms with van der Waals surface area (Å²) in [6, 6.07) is 10.8. The van der Waals surface area contributed by atoms with E-state index in [-0.39, 0.29) is 0 Å². The van der Waals surface area contributed by atoms with Gasteiger partial charge in [-0.25, -0.2) is 4.98 Å². The van der Waals surface area contributed by atoms with Gasteiger partial charge in [0.15, 0.2) is 0 Å². The molecular formula is C17H19N3. The van der Waals surface area contributed by atoms with E-state index in [4.69, 9.17) is 5.73 Å². The Hall–Kier alpha value is -2.13.